The molecular weight excluding hydrogens is 267 g/mol. The van der Waals surface area contributed by atoms with E-state index in [0.717, 1.165) is 22.3 Å². The van der Waals surface area contributed by atoms with Crippen molar-refractivity contribution in [1.82, 2.24) is 4.98 Å². The Bertz CT molecular complexity index is 352. The maximum Gasteiger partial charge on any atom is 0.146 e. The number of alkyl halides is 1. The SMILES string of the molecule is ClCC1CC(c2ccc(Br)cn2)=NO1. The zero-order valence-electron chi connectivity index (χ0n) is 7.28. The average Bonchev–Trinajstić information content (AvgIpc) is 2.67. The van der Waals surface area contributed by atoms with Crippen LogP contribution in [-0.2, 0) is 4.84 Å². The van der Waals surface area contributed by atoms with Crippen molar-refractivity contribution in [1.29, 1.82) is 0 Å². The fourth-order valence-corrected chi connectivity index (χ4v) is 1.61. The van der Waals surface area contributed by atoms with Crippen molar-refractivity contribution >= 4 is 33.2 Å². The topological polar surface area (TPSA) is 34.5 Å². The highest BCUT2D eigenvalue weighted by atomic mass is 79.9. The van der Waals surface area contributed by atoms with Gasteiger partial charge in [-0.1, -0.05) is 5.16 Å². The van der Waals surface area contributed by atoms with E-state index in [9.17, 15) is 0 Å². The molecule has 3 nitrogen and oxygen atoms in total. The third-order valence-corrected chi connectivity index (χ3v) is 2.74. The first-order chi connectivity index (χ1) is 6.79. The van der Waals surface area contributed by atoms with Gasteiger partial charge in [0, 0.05) is 17.1 Å². The second-order valence-corrected chi connectivity index (χ2v) is 4.21. The van der Waals surface area contributed by atoms with E-state index < -0.39 is 0 Å². The molecule has 5 heteroatoms. The molecule has 0 amide bonds. The first-order valence-electron chi connectivity index (χ1n) is 4.20. The van der Waals surface area contributed by atoms with Crippen LogP contribution in [0.3, 0.4) is 0 Å². The van der Waals surface area contributed by atoms with E-state index in [0.29, 0.717) is 5.88 Å². The van der Waals surface area contributed by atoms with Crippen LogP contribution in [0.1, 0.15) is 12.1 Å². The molecule has 1 aliphatic rings. The Morgan fingerprint density at radius 2 is 2.43 bits per heavy atom. The molecule has 0 saturated carbocycles. The number of oxime groups is 1. The maximum atomic E-state index is 5.66. The molecule has 1 unspecified atom stereocenters. The molecule has 0 fully saturated rings. The number of nitrogens with zero attached hydrogens (tertiary/aromatic N) is 2. The lowest BCUT2D eigenvalue weighted by Crippen LogP contribution is -2.10. The predicted molar refractivity (Wildman–Crippen MR) is 58.7 cm³/mol. The number of rotatable bonds is 2. The molecule has 0 radical (unpaired) electrons. The van der Waals surface area contributed by atoms with Crippen molar-refractivity contribution in [3.63, 3.8) is 0 Å². The zero-order chi connectivity index (χ0) is 9.97. The van der Waals surface area contributed by atoms with Gasteiger partial charge >= 0.3 is 0 Å². The Kier molecular flexibility index (Phi) is 3.03. The van der Waals surface area contributed by atoms with Crippen LogP contribution in [0.25, 0.3) is 0 Å². The van der Waals surface area contributed by atoms with Crippen molar-refractivity contribution < 1.29 is 4.84 Å². The third-order valence-electron chi connectivity index (χ3n) is 1.93. The number of hydrogen-bond acceptors (Lipinski definition) is 3. The van der Waals surface area contributed by atoms with Crippen molar-refractivity contribution in [3.8, 4) is 0 Å². The Morgan fingerprint density at radius 1 is 1.57 bits per heavy atom. The normalized spacial score (nSPS) is 20.4. The molecule has 1 atom stereocenters. The molecule has 14 heavy (non-hydrogen) atoms. The van der Waals surface area contributed by atoms with Crippen LogP contribution in [0, 0.1) is 0 Å². The largest absolute Gasteiger partial charge is 0.391 e. The summed E-state index contributed by atoms with van der Waals surface area (Å²) in [5.41, 5.74) is 1.71. The van der Waals surface area contributed by atoms with Gasteiger partial charge in [0.05, 0.1) is 11.6 Å². The van der Waals surface area contributed by atoms with E-state index in [1.54, 1.807) is 6.20 Å². The summed E-state index contributed by atoms with van der Waals surface area (Å²) in [4.78, 5) is 9.33. The minimum Gasteiger partial charge on any atom is -0.391 e. The highest BCUT2D eigenvalue weighted by Crippen LogP contribution is 2.17. The fraction of sp³-hybridized carbons (Fsp3) is 0.333. The summed E-state index contributed by atoms with van der Waals surface area (Å²) >= 11 is 8.98. The van der Waals surface area contributed by atoms with Gasteiger partial charge in [-0.25, -0.2) is 0 Å². The van der Waals surface area contributed by atoms with Gasteiger partial charge in [0.1, 0.15) is 11.8 Å². The molecule has 2 rings (SSSR count). The van der Waals surface area contributed by atoms with Crippen LogP contribution in [0.4, 0.5) is 0 Å². The summed E-state index contributed by atoms with van der Waals surface area (Å²) in [5.74, 6) is 0.462. The number of hydrogen-bond donors (Lipinski definition) is 0. The Labute approximate surface area is 95.2 Å². The summed E-state index contributed by atoms with van der Waals surface area (Å²) in [6.45, 7) is 0. The summed E-state index contributed by atoms with van der Waals surface area (Å²) in [5, 5.41) is 3.94. The minimum atomic E-state index is -0.00267. The van der Waals surface area contributed by atoms with Gasteiger partial charge in [0.25, 0.3) is 0 Å². The second kappa shape index (κ2) is 4.28. The minimum absolute atomic E-state index is 0.00267. The standard InChI is InChI=1S/C9H8BrClN2O/c10-6-1-2-8(12-5-6)9-3-7(4-11)14-13-9/h1-2,5,7H,3-4H2. The highest BCUT2D eigenvalue weighted by Gasteiger charge is 2.21. The van der Waals surface area contributed by atoms with Crippen LogP contribution in [0.15, 0.2) is 28.0 Å². The van der Waals surface area contributed by atoms with Crippen LogP contribution in [0.5, 0.6) is 0 Å². The van der Waals surface area contributed by atoms with Crippen molar-refractivity contribution in [3.05, 3.63) is 28.5 Å². The van der Waals surface area contributed by atoms with Crippen LogP contribution >= 0.6 is 27.5 Å². The highest BCUT2D eigenvalue weighted by molar-refractivity contribution is 9.10. The van der Waals surface area contributed by atoms with Gasteiger partial charge in [-0.2, -0.15) is 0 Å². The molecule has 0 bridgehead atoms. The van der Waals surface area contributed by atoms with Crippen molar-refractivity contribution in [2.45, 2.75) is 12.5 Å². The van der Waals surface area contributed by atoms with E-state index in [4.69, 9.17) is 16.4 Å². The first-order valence-corrected chi connectivity index (χ1v) is 5.53. The smallest absolute Gasteiger partial charge is 0.146 e. The lowest BCUT2D eigenvalue weighted by atomic mass is 10.1. The number of aromatic nitrogens is 1. The molecular formula is C9H8BrClN2O. The van der Waals surface area contributed by atoms with Crippen molar-refractivity contribution in [2.75, 3.05) is 5.88 Å². The van der Waals surface area contributed by atoms with E-state index in [1.807, 2.05) is 12.1 Å². The third kappa shape index (κ3) is 2.07. The molecule has 0 aromatic carbocycles. The fourth-order valence-electron chi connectivity index (χ4n) is 1.21. The van der Waals surface area contributed by atoms with E-state index in [1.165, 1.54) is 0 Å². The monoisotopic (exact) mass is 274 g/mol. The molecule has 0 saturated heterocycles. The van der Waals surface area contributed by atoms with Crippen LogP contribution < -0.4 is 0 Å². The molecule has 0 aliphatic carbocycles. The first kappa shape index (κ1) is 9.93. The van der Waals surface area contributed by atoms with Gasteiger partial charge in [0.15, 0.2) is 0 Å². The quantitative estimate of drug-likeness (QED) is 0.778. The molecule has 1 aromatic rings. The Hall–Kier alpha value is -0.610. The van der Waals surface area contributed by atoms with Gasteiger partial charge in [0.2, 0.25) is 0 Å². The van der Waals surface area contributed by atoms with Crippen LogP contribution in [-0.4, -0.2) is 22.7 Å². The number of halogens is 2. The predicted octanol–water partition coefficient (Wildman–Crippen LogP) is 2.58. The summed E-state index contributed by atoms with van der Waals surface area (Å²) in [6.07, 6.45) is 2.47. The molecule has 0 spiro atoms. The van der Waals surface area contributed by atoms with Crippen molar-refractivity contribution in [2.24, 2.45) is 5.16 Å². The Balaban J connectivity index is 2.13. The number of pyridine rings is 1. The summed E-state index contributed by atoms with van der Waals surface area (Å²) in [6, 6.07) is 3.84. The lowest BCUT2D eigenvalue weighted by molar-refractivity contribution is 0.102. The molecule has 74 valence electrons. The van der Waals surface area contributed by atoms with Crippen LogP contribution in [0.2, 0.25) is 0 Å². The maximum absolute atomic E-state index is 5.66. The second-order valence-electron chi connectivity index (χ2n) is 2.99. The van der Waals surface area contributed by atoms with E-state index in [2.05, 4.69) is 26.1 Å². The summed E-state index contributed by atoms with van der Waals surface area (Å²) < 4.78 is 0.953. The molecule has 1 aliphatic heterocycles. The Morgan fingerprint density at radius 3 is 3.00 bits per heavy atom. The van der Waals surface area contributed by atoms with Gasteiger partial charge in [-0.15, -0.1) is 11.6 Å². The van der Waals surface area contributed by atoms with E-state index in [-0.39, 0.29) is 6.10 Å². The molecule has 0 N–H and O–H groups in total. The van der Waals surface area contributed by atoms with E-state index >= 15 is 0 Å². The lowest BCUT2D eigenvalue weighted by Gasteiger charge is -2.00. The zero-order valence-corrected chi connectivity index (χ0v) is 9.62. The van der Waals surface area contributed by atoms with Gasteiger partial charge < -0.3 is 4.84 Å². The molecule has 2 heterocycles. The van der Waals surface area contributed by atoms with Gasteiger partial charge in [-0.3, -0.25) is 4.98 Å². The average molecular weight is 276 g/mol. The summed E-state index contributed by atoms with van der Waals surface area (Å²) in [7, 11) is 0. The molecule has 1 aromatic heterocycles. The van der Waals surface area contributed by atoms with Gasteiger partial charge in [-0.05, 0) is 28.1 Å².